The first kappa shape index (κ1) is 20.5. The first-order valence-corrected chi connectivity index (χ1v) is 10.8. The van der Waals surface area contributed by atoms with E-state index in [2.05, 4.69) is 70.7 Å². The molecular formula is C28H23N3O2. The van der Waals surface area contributed by atoms with Gasteiger partial charge in [0.15, 0.2) is 5.69 Å². The van der Waals surface area contributed by atoms with Crippen LogP contribution in [-0.4, -0.2) is 20.9 Å². The fourth-order valence-electron chi connectivity index (χ4n) is 4.07. The van der Waals surface area contributed by atoms with Crippen molar-refractivity contribution >= 4 is 22.6 Å². The van der Waals surface area contributed by atoms with E-state index in [-0.39, 0.29) is 5.69 Å². The normalized spacial score (nSPS) is 10.9. The molecule has 0 bridgehead atoms. The number of aromatic carboxylic acids is 1. The molecule has 0 radical (unpaired) electrons. The molecule has 0 unspecified atom stereocenters. The smallest absolute Gasteiger partial charge is 0.357 e. The van der Waals surface area contributed by atoms with Gasteiger partial charge >= 0.3 is 5.97 Å². The average Bonchev–Trinajstić information content (AvgIpc) is 3.25. The van der Waals surface area contributed by atoms with Gasteiger partial charge in [0.1, 0.15) is 0 Å². The van der Waals surface area contributed by atoms with E-state index in [1.807, 2.05) is 42.5 Å². The van der Waals surface area contributed by atoms with E-state index in [4.69, 9.17) is 0 Å². The Morgan fingerprint density at radius 1 is 0.727 bits per heavy atom. The van der Waals surface area contributed by atoms with Gasteiger partial charge in [-0.05, 0) is 41.5 Å². The number of carboxylic acids is 1. The molecule has 0 spiro atoms. The molecule has 5 aromatic rings. The van der Waals surface area contributed by atoms with Crippen molar-refractivity contribution in [1.82, 2.24) is 9.78 Å². The molecule has 0 saturated heterocycles. The lowest BCUT2D eigenvalue weighted by atomic mass is 10.1. The molecule has 0 atom stereocenters. The zero-order chi connectivity index (χ0) is 22.6. The van der Waals surface area contributed by atoms with Crippen LogP contribution in [0.3, 0.4) is 0 Å². The van der Waals surface area contributed by atoms with Gasteiger partial charge in [-0.1, -0.05) is 78.9 Å². The minimum atomic E-state index is -1.03. The Kier molecular flexibility index (Phi) is 5.60. The first-order valence-electron chi connectivity index (χ1n) is 10.8. The second-order valence-electron chi connectivity index (χ2n) is 7.93. The van der Waals surface area contributed by atoms with E-state index >= 15 is 0 Å². The number of hydrogen-bond donors (Lipinski definition) is 1. The quantitative estimate of drug-likeness (QED) is 0.346. The van der Waals surface area contributed by atoms with Crippen molar-refractivity contribution in [2.75, 3.05) is 4.90 Å². The van der Waals surface area contributed by atoms with Crippen molar-refractivity contribution in [2.24, 2.45) is 0 Å². The molecule has 1 N–H and O–H groups in total. The highest BCUT2D eigenvalue weighted by Crippen LogP contribution is 2.25. The summed E-state index contributed by atoms with van der Waals surface area (Å²) in [5.41, 5.74) is 5.21. The standard InChI is InChI=1S/C28H23N3O2/c32-28(33)27-25-13-7-8-14-26(25)31(29-27)24-17-15-23(16-18-24)30(19-21-9-3-1-4-10-21)20-22-11-5-2-6-12-22/h1-18H,19-20H2,(H,32,33). The van der Waals surface area contributed by atoms with Gasteiger partial charge < -0.3 is 10.0 Å². The van der Waals surface area contributed by atoms with Crippen molar-refractivity contribution in [3.63, 3.8) is 0 Å². The minimum Gasteiger partial charge on any atom is -0.476 e. The number of nitrogens with zero attached hydrogens (tertiary/aromatic N) is 3. The van der Waals surface area contributed by atoms with E-state index in [0.717, 1.165) is 30.0 Å². The Bertz CT molecular complexity index is 1340. The maximum atomic E-state index is 11.7. The number of para-hydroxylation sites is 1. The summed E-state index contributed by atoms with van der Waals surface area (Å²) in [5, 5.41) is 14.6. The Balaban J connectivity index is 1.49. The molecule has 5 nitrogen and oxygen atoms in total. The molecule has 162 valence electrons. The number of anilines is 1. The van der Waals surface area contributed by atoms with E-state index in [1.54, 1.807) is 10.7 Å². The van der Waals surface area contributed by atoms with Gasteiger partial charge in [-0.25, -0.2) is 9.48 Å². The fraction of sp³-hybridized carbons (Fsp3) is 0.0714. The zero-order valence-corrected chi connectivity index (χ0v) is 18.0. The zero-order valence-electron chi connectivity index (χ0n) is 18.0. The summed E-state index contributed by atoms with van der Waals surface area (Å²) in [6.07, 6.45) is 0. The lowest BCUT2D eigenvalue weighted by molar-refractivity contribution is 0.0692. The molecule has 0 aliphatic heterocycles. The van der Waals surface area contributed by atoms with Crippen LogP contribution in [0, 0.1) is 0 Å². The molecule has 4 aromatic carbocycles. The van der Waals surface area contributed by atoms with E-state index < -0.39 is 5.97 Å². The van der Waals surface area contributed by atoms with Crippen molar-refractivity contribution in [2.45, 2.75) is 13.1 Å². The summed E-state index contributed by atoms with van der Waals surface area (Å²) in [7, 11) is 0. The first-order chi connectivity index (χ1) is 16.2. The van der Waals surface area contributed by atoms with Gasteiger partial charge in [0.25, 0.3) is 0 Å². The minimum absolute atomic E-state index is 0.0597. The summed E-state index contributed by atoms with van der Waals surface area (Å²) in [5.74, 6) is -1.03. The van der Waals surface area contributed by atoms with Gasteiger partial charge in [-0.15, -0.1) is 0 Å². The molecule has 0 amide bonds. The van der Waals surface area contributed by atoms with Crippen LogP contribution < -0.4 is 4.90 Å². The molecule has 33 heavy (non-hydrogen) atoms. The maximum Gasteiger partial charge on any atom is 0.357 e. The highest BCUT2D eigenvalue weighted by Gasteiger charge is 2.17. The monoisotopic (exact) mass is 433 g/mol. The van der Waals surface area contributed by atoms with Crippen molar-refractivity contribution in [3.05, 3.63) is 126 Å². The summed E-state index contributed by atoms with van der Waals surface area (Å²) in [4.78, 5) is 14.0. The van der Waals surface area contributed by atoms with Gasteiger partial charge in [0.2, 0.25) is 0 Å². The number of fused-ring (bicyclic) bond motifs is 1. The Morgan fingerprint density at radius 3 is 1.85 bits per heavy atom. The summed E-state index contributed by atoms with van der Waals surface area (Å²) in [6.45, 7) is 1.56. The van der Waals surface area contributed by atoms with Gasteiger partial charge in [-0.3, -0.25) is 0 Å². The fourth-order valence-corrected chi connectivity index (χ4v) is 4.07. The van der Waals surface area contributed by atoms with E-state index in [9.17, 15) is 9.90 Å². The molecule has 5 rings (SSSR count). The van der Waals surface area contributed by atoms with Crippen molar-refractivity contribution < 1.29 is 9.90 Å². The largest absolute Gasteiger partial charge is 0.476 e. The lowest BCUT2D eigenvalue weighted by Crippen LogP contribution is -2.22. The summed E-state index contributed by atoms with van der Waals surface area (Å²) >= 11 is 0. The molecule has 0 fully saturated rings. The summed E-state index contributed by atoms with van der Waals surface area (Å²) in [6, 6.07) is 36.3. The van der Waals surface area contributed by atoms with Gasteiger partial charge in [0.05, 0.1) is 11.2 Å². The van der Waals surface area contributed by atoms with E-state index in [1.165, 1.54) is 11.1 Å². The number of carboxylic acid groups (broad SMARTS) is 1. The van der Waals surface area contributed by atoms with Crippen LogP contribution in [0.4, 0.5) is 5.69 Å². The van der Waals surface area contributed by atoms with Crippen LogP contribution in [0.5, 0.6) is 0 Å². The van der Waals surface area contributed by atoms with Crippen LogP contribution in [0.25, 0.3) is 16.6 Å². The average molecular weight is 434 g/mol. The molecule has 5 heteroatoms. The summed E-state index contributed by atoms with van der Waals surface area (Å²) < 4.78 is 1.70. The maximum absolute atomic E-state index is 11.7. The third kappa shape index (κ3) is 4.34. The van der Waals surface area contributed by atoms with Gasteiger partial charge in [-0.2, -0.15) is 5.10 Å². The molecule has 0 aliphatic rings. The number of aromatic nitrogens is 2. The number of benzene rings is 4. The molecule has 0 saturated carbocycles. The third-order valence-electron chi connectivity index (χ3n) is 5.68. The van der Waals surface area contributed by atoms with Crippen LogP contribution in [0.15, 0.2) is 109 Å². The van der Waals surface area contributed by atoms with Crippen LogP contribution in [0.2, 0.25) is 0 Å². The van der Waals surface area contributed by atoms with Crippen LogP contribution >= 0.6 is 0 Å². The molecular weight excluding hydrogens is 410 g/mol. The van der Waals surface area contributed by atoms with E-state index in [0.29, 0.717) is 5.39 Å². The Labute approximate surface area is 192 Å². The predicted molar refractivity (Wildman–Crippen MR) is 131 cm³/mol. The lowest BCUT2D eigenvalue weighted by Gasteiger charge is -2.25. The molecule has 1 heterocycles. The number of carbonyl (C=O) groups is 1. The predicted octanol–water partition coefficient (Wildman–Crippen LogP) is 5.93. The van der Waals surface area contributed by atoms with Crippen molar-refractivity contribution in [1.29, 1.82) is 0 Å². The van der Waals surface area contributed by atoms with Gasteiger partial charge in [0, 0.05) is 24.2 Å². The number of hydrogen-bond acceptors (Lipinski definition) is 3. The highest BCUT2D eigenvalue weighted by molar-refractivity contribution is 6.01. The SMILES string of the molecule is O=C(O)c1nn(-c2ccc(N(Cc3ccccc3)Cc3ccccc3)cc2)c2ccccc12. The second-order valence-corrected chi connectivity index (χ2v) is 7.93. The highest BCUT2D eigenvalue weighted by atomic mass is 16.4. The Morgan fingerprint density at radius 2 is 1.27 bits per heavy atom. The second kappa shape index (κ2) is 9.01. The van der Waals surface area contributed by atoms with Crippen LogP contribution in [-0.2, 0) is 13.1 Å². The molecule has 0 aliphatic carbocycles. The Hall–Kier alpha value is -4.38. The number of rotatable bonds is 7. The topological polar surface area (TPSA) is 58.4 Å². The molecule has 1 aromatic heterocycles. The van der Waals surface area contributed by atoms with Crippen molar-refractivity contribution in [3.8, 4) is 5.69 Å². The van der Waals surface area contributed by atoms with Crippen LogP contribution in [0.1, 0.15) is 21.6 Å². The third-order valence-corrected chi connectivity index (χ3v) is 5.68.